The number of nitrogens with zero attached hydrogens (tertiary/aromatic N) is 2. The first-order valence-electron chi connectivity index (χ1n) is 12.2. The highest BCUT2D eigenvalue weighted by Crippen LogP contribution is 2.55. The molecule has 10 nitrogen and oxygen atoms in total. The summed E-state index contributed by atoms with van der Waals surface area (Å²) in [6, 6.07) is 12.8. The smallest absolute Gasteiger partial charge is 0.407 e. The number of hydrogen-bond donors (Lipinski definition) is 1. The number of nitrogens with one attached hydrogen (secondary N) is 1. The van der Waals surface area contributed by atoms with Crippen molar-refractivity contribution < 1.29 is 28.7 Å². The zero-order valence-corrected chi connectivity index (χ0v) is 21.6. The van der Waals surface area contributed by atoms with Gasteiger partial charge in [0.25, 0.3) is 5.69 Å². The number of ether oxygens (including phenoxy) is 4. The lowest BCUT2D eigenvalue weighted by Crippen LogP contribution is -2.59. The van der Waals surface area contributed by atoms with E-state index in [1.165, 1.54) is 12.1 Å². The minimum atomic E-state index is -0.853. The molecule has 0 saturated carbocycles. The van der Waals surface area contributed by atoms with Gasteiger partial charge in [-0.05, 0) is 50.1 Å². The normalized spacial score (nSPS) is 19.6. The van der Waals surface area contributed by atoms with E-state index in [1.807, 2.05) is 24.3 Å². The molecule has 1 spiro atoms. The minimum absolute atomic E-state index is 0.0169. The quantitative estimate of drug-likeness (QED) is 0.286. The number of fused-ring (bicyclic) bond motifs is 2. The molecule has 2 aromatic rings. The topological polar surface area (TPSA) is 112 Å². The maximum absolute atomic E-state index is 12.1. The van der Waals surface area contributed by atoms with Gasteiger partial charge in [-0.25, -0.2) is 4.79 Å². The van der Waals surface area contributed by atoms with Crippen LogP contribution in [-0.2, 0) is 19.6 Å². The molecule has 0 bridgehead atoms. The Labute approximate surface area is 216 Å². The number of anilines is 1. The molecule has 198 valence electrons. The predicted molar refractivity (Wildman–Crippen MR) is 139 cm³/mol. The molecule has 0 aromatic heterocycles. The number of nitro benzene ring substituents is 1. The van der Waals surface area contributed by atoms with Crippen molar-refractivity contribution in [3.8, 4) is 5.75 Å². The van der Waals surface area contributed by atoms with Gasteiger partial charge in [-0.2, -0.15) is 0 Å². The Morgan fingerprint density at radius 2 is 2.00 bits per heavy atom. The molecule has 10 heteroatoms. The number of nitro groups is 1. The molecule has 0 saturated heterocycles. The maximum Gasteiger partial charge on any atom is 0.407 e. The summed E-state index contributed by atoms with van der Waals surface area (Å²) >= 11 is 0. The fourth-order valence-electron chi connectivity index (χ4n) is 5.02. The fourth-order valence-corrected chi connectivity index (χ4v) is 5.02. The molecule has 2 aliphatic heterocycles. The van der Waals surface area contributed by atoms with Crippen molar-refractivity contribution in [3.63, 3.8) is 0 Å². The van der Waals surface area contributed by atoms with E-state index in [9.17, 15) is 14.9 Å². The number of methoxy groups -OCH3 is 2. The summed E-state index contributed by atoms with van der Waals surface area (Å²) in [7, 11) is 3.13. The molecule has 1 unspecified atom stereocenters. The van der Waals surface area contributed by atoms with Crippen LogP contribution in [0.1, 0.15) is 31.4 Å². The van der Waals surface area contributed by atoms with Gasteiger partial charge in [-0.15, -0.1) is 0 Å². The lowest BCUT2D eigenvalue weighted by molar-refractivity contribution is -0.384. The first-order valence-corrected chi connectivity index (χ1v) is 12.2. The standard InChI is InChI=1S/C27H33N3O7/c1-26(2)22-8-5-6-9-23(22)29(14-7-15-36-25(31)28-17-21(35-4)18-34-3)27(26)13-12-19-16-20(30(32)33)10-11-24(19)37-27/h5-6,8-13,16,21H,7,14-15,17-18H2,1-4H3,(H,28,31)/t21-,27?/m0/s1. The Bertz CT molecular complexity index is 1180. The highest BCUT2D eigenvalue weighted by atomic mass is 16.6. The maximum atomic E-state index is 12.1. The molecule has 0 radical (unpaired) electrons. The summed E-state index contributed by atoms with van der Waals surface area (Å²) in [5, 5.41) is 13.9. The summed E-state index contributed by atoms with van der Waals surface area (Å²) in [6.45, 7) is 5.69. The second-order valence-electron chi connectivity index (χ2n) is 9.59. The summed E-state index contributed by atoms with van der Waals surface area (Å²) in [5.74, 6) is 0.582. The second kappa shape index (κ2) is 10.8. The molecule has 0 fully saturated rings. The van der Waals surface area contributed by atoms with Gasteiger partial charge in [0.15, 0.2) is 0 Å². The minimum Gasteiger partial charge on any atom is -0.463 e. The summed E-state index contributed by atoms with van der Waals surface area (Å²) in [5.41, 5.74) is 1.56. The molecule has 2 aliphatic rings. The number of carbonyl (C=O) groups is 1. The number of rotatable bonds is 10. The van der Waals surface area contributed by atoms with Crippen LogP contribution in [0.5, 0.6) is 5.75 Å². The van der Waals surface area contributed by atoms with Crippen LogP contribution < -0.4 is 15.0 Å². The Kier molecular flexibility index (Phi) is 7.70. The molecule has 1 N–H and O–H groups in total. The molecule has 4 rings (SSSR count). The van der Waals surface area contributed by atoms with Crippen LogP contribution >= 0.6 is 0 Å². The highest BCUT2D eigenvalue weighted by Gasteiger charge is 2.58. The van der Waals surface area contributed by atoms with Crippen molar-refractivity contribution in [2.24, 2.45) is 0 Å². The van der Waals surface area contributed by atoms with Crippen molar-refractivity contribution in [2.45, 2.75) is 37.5 Å². The number of non-ortho nitro benzene ring substituents is 1. The molecular weight excluding hydrogens is 478 g/mol. The van der Waals surface area contributed by atoms with Gasteiger partial charge >= 0.3 is 6.09 Å². The zero-order chi connectivity index (χ0) is 26.6. The first kappa shape index (κ1) is 26.4. The predicted octanol–water partition coefficient (Wildman–Crippen LogP) is 4.27. The van der Waals surface area contributed by atoms with E-state index < -0.39 is 22.2 Å². The van der Waals surface area contributed by atoms with Crippen LogP contribution in [0.15, 0.2) is 48.5 Å². The largest absolute Gasteiger partial charge is 0.463 e. The molecular formula is C27H33N3O7. The number of para-hydroxylation sites is 1. The van der Waals surface area contributed by atoms with E-state index >= 15 is 0 Å². The molecule has 0 aliphatic carbocycles. The van der Waals surface area contributed by atoms with E-state index in [0.717, 1.165) is 11.3 Å². The summed E-state index contributed by atoms with van der Waals surface area (Å²) in [4.78, 5) is 25.2. The lowest BCUT2D eigenvalue weighted by Gasteiger charge is -2.47. The van der Waals surface area contributed by atoms with Crippen LogP contribution in [0, 0.1) is 10.1 Å². The Morgan fingerprint density at radius 3 is 2.73 bits per heavy atom. The zero-order valence-electron chi connectivity index (χ0n) is 21.6. The summed E-state index contributed by atoms with van der Waals surface area (Å²) < 4.78 is 22.4. The van der Waals surface area contributed by atoms with Gasteiger partial charge < -0.3 is 29.2 Å². The molecule has 2 aromatic carbocycles. The van der Waals surface area contributed by atoms with Gasteiger partial charge in [0, 0.05) is 50.7 Å². The van der Waals surface area contributed by atoms with E-state index in [-0.39, 0.29) is 24.9 Å². The van der Waals surface area contributed by atoms with Gasteiger partial charge in [-0.1, -0.05) is 18.2 Å². The van der Waals surface area contributed by atoms with E-state index in [4.69, 9.17) is 18.9 Å². The van der Waals surface area contributed by atoms with Crippen LogP contribution in [0.3, 0.4) is 0 Å². The SMILES string of the molecule is COC[C@H](CNC(=O)OCCCN1c2ccccc2C(C)(C)C12C=Cc1cc([N+](=O)[O-])ccc1O2)OC. The summed E-state index contributed by atoms with van der Waals surface area (Å²) in [6.07, 6.45) is 3.67. The second-order valence-corrected chi connectivity index (χ2v) is 9.59. The lowest BCUT2D eigenvalue weighted by atomic mass is 9.76. The van der Waals surface area contributed by atoms with Gasteiger partial charge in [-0.3, -0.25) is 10.1 Å². The third-order valence-electron chi connectivity index (χ3n) is 7.04. The van der Waals surface area contributed by atoms with Crippen LogP contribution in [-0.4, -0.2) is 63.4 Å². The van der Waals surface area contributed by atoms with Gasteiger partial charge in [0.2, 0.25) is 5.72 Å². The van der Waals surface area contributed by atoms with Crippen molar-refractivity contribution in [1.29, 1.82) is 0 Å². The molecule has 2 heterocycles. The fraction of sp³-hybridized carbons (Fsp3) is 0.444. The van der Waals surface area contributed by atoms with E-state index in [0.29, 0.717) is 30.9 Å². The highest BCUT2D eigenvalue weighted by molar-refractivity contribution is 5.73. The van der Waals surface area contributed by atoms with Crippen LogP contribution in [0.25, 0.3) is 6.08 Å². The van der Waals surface area contributed by atoms with Gasteiger partial charge in [0.05, 0.1) is 29.7 Å². The number of hydrogen-bond acceptors (Lipinski definition) is 8. The van der Waals surface area contributed by atoms with E-state index in [1.54, 1.807) is 20.3 Å². The van der Waals surface area contributed by atoms with Crippen molar-refractivity contribution in [2.75, 3.05) is 45.4 Å². The Balaban J connectivity index is 1.48. The molecule has 2 atom stereocenters. The van der Waals surface area contributed by atoms with Crippen molar-refractivity contribution in [1.82, 2.24) is 5.32 Å². The first-order chi connectivity index (χ1) is 17.7. The Hall–Kier alpha value is -3.63. The van der Waals surface area contributed by atoms with Gasteiger partial charge in [0.1, 0.15) is 5.75 Å². The number of benzene rings is 2. The number of carbonyl (C=O) groups excluding carboxylic acids is 1. The van der Waals surface area contributed by atoms with E-state index in [2.05, 4.69) is 36.2 Å². The third-order valence-corrected chi connectivity index (χ3v) is 7.04. The Morgan fingerprint density at radius 1 is 1.22 bits per heavy atom. The molecule has 37 heavy (non-hydrogen) atoms. The average Bonchev–Trinajstić information content (AvgIpc) is 3.07. The van der Waals surface area contributed by atoms with Crippen LogP contribution in [0.4, 0.5) is 16.2 Å². The monoisotopic (exact) mass is 511 g/mol. The van der Waals surface area contributed by atoms with Crippen LogP contribution in [0.2, 0.25) is 0 Å². The van der Waals surface area contributed by atoms with Crippen molar-refractivity contribution >= 4 is 23.5 Å². The number of amides is 1. The van der Waals surface area contributed by atoms with Crippen molar-refractivity contribution in [3.05, 3.63) is 69.8 Å². The molecule has 1 amide bonds. The number of alkyl carbamates (subject to hydrolysis) is 1. The average molecular weight is 512 g/mol. The third kappa shape index (κ3) is 4.99.